The molecule has 0 saturated carbocycles. The number of H-pyrrole nitrogens is 1. The highest BCUT2D eigenvalue weighted by Gasteiger charge is 2.14. The van der Waals surface area contributed by atoms with Crippen LogP contribution in [0.4, 0.5) is 0 Å². The Morgan fingerprint density at radius 1 is 1.06 bits per heavy atom. The van der Waals surface area contributed by atoms with Crippen LogP contribution in [-0.2, 0) is 19.4 Å². The molecule has 3 heterocycles. The number of hydrogen-bond acceptors (Lipinski definition) is 6. The topological polar surface area (TPSA) is 98.1 Å². The highest BCUT2D eigenvalue weighted by molar-refractivity contribution is 5.78. The normalized spacial score (nSPS) is 11.4. The van der Waals surface area contributed by atoms with Crippen LogP contribution in [-0.4, -0.2) is 40.4 Å². The van der Waals surface area contributed by atoms with Gasteiger partial charge in [-0.1, -0.05) is 57.5 Å². The molecule has 0 aliphatic rings. The molecule has 160 valence electrons. The fourth-order valence-electron chi connectivity index (χ4n) is 3.55. The van der Waals surface area contributed by atoms with E-state index < -0.39 is 0 Å². The molecule has 8 nitrogen and oxygen atoms in total. The summed E-state index contributed by atoms with van der Waals surface area (Å²) in [6, 6.07) is 12.1. The second-order valence-electron chi connectivity index (χ2n) is 8.14. The number of unbranched alkanes of at least 4 members (excludes halogenated alkanes) is 1. The van der Waals surface area contributed by atoms with Crippen molar-refractivity contribution in [2.45, 2.75) is 53.0 Å². The molecule has 0 bridgehead atoms. The predicted octanol–water partition coefficient (Wildman–Crippen LogP) is 4.11. The van der Waals surface area contributed by atoms with E-state index in [9.17, 15) is 0 Å². The van der Waals surface area contributed by atoms with Crippen molar-refractivity contribution >= 4 is 0 Å². The number of nitrogens with one attached hydrogen (secondary N) is 1. The molecule has 0 amide bonds. The second kappa shape index (κ2) is 9.59. The number of benzene rings is 1. The monoisotopic (exact) mass is 416 g/mol. The van der Waals surface area contributed by atoms with Crippen molar-refractivity contribution < 1.29 is 0 Å². The van der Waals surface area contributed by atoms with Gasteiger partial charge in [0.25, 0.3) is 0 Å². The minimum absolute atomic E-state index is 0.537. The number of pyridine rings is 1. The van der Waals surface area contributed by atoms with Crippen molar-refractivity contribution in [3.63, 3.8) is 0 Å². The Balaban J connectivity index is 1.57. The smallest absolute Gasteiger partial charge is 0.180 e. The maximum Gasteiger partial charge on any atom is 0.180 e. The molecular weight excluding hydrogens is 388 g/mol. The lowest BCUT2D eigenvalue weighted by Crippen LogP contribution is -2.07. The predicted molar refractivity (Wildman–Crippen MR) is 119 cm³/mol. The van der Waals surface area contributed by atoms with E-state index in [1.54, 1.807) is 0 Å². The summed E-state index contributed by atoms with van der Waals surface area (Å²) < 4.78 is 2.07. The molecular formula is C23H28N8. The van der Waals surface area contributed by atoms with Gasteiger partial charge in [-0.3, -0.25) is 4.98 Å². The molecule has 1 N–H and O–H groups in total. The number of aromatic amines is 1. The molecule has 0 unspecified atom stereocenters. The standard InChI is InChI=1S/C23H28N8/c1-4-5-12-31-22(25-21(28-31)13-16(2)3)14-17-10-11-20(24-15-17)18-8-6-7-9-19(18)23-26-29-30-27-23/h6-11,15-16H,4-5,12-14H2,1-3H3,(H,26,27,29,30). The van der Waals surface area contributed by atoms with Gasteiger partial charge in [-0.05, 0) is 34.4 Å². The molecule has 0 saturated heterocycles. The Hall–Kier alpha value is -3.42. The van der Waals surface area contributed by atoms with Gasteiger partial charge in [-0.15, -0.1) is 5.10 Å². The first-order valence-electron chi connectivity index (χ1n) is 10.8. The molecule has 0 atom stereocenters. The first kappa shape index (κ1) is 20.8. The lowest BCUT2D eigenvalue weighted by molar-refractivity contribution is 0.538. The number of nitrogens with zero attached hydrogens (tertiary/aromatic N) is 7. The van der Waals surface area contributed by atoms with Crippen LogP contribution in [0.2, 0.25) is 0 Å². The minimum Gasteiger partial charge on any atom is -0.256 e. The van der Waals surface area contributed by atoms with Crippen LogP contribution in [0, 0.1) is 5.92 Å². The van der Waals surface area contributed by atoms with Gasteiger partial charge in [0.05, 0.1) is 5.69 Å². The SMILES string of the molecule is CCCCn1nc(CC(C)C)nc1Cc1ccc(-c2ccccc2-c2nnn[nH]2)nc1. The Kier molecular flexibility index (Phi) is 6.45. The maximum atomic E-state index is 4.82. The van der Waals surface area contributed by atoms with Crippen molar-refractivity contribution in [1.29, 1.82) is 0 Å². The van der Waals surface area contributed by atoms with Gasteiger partial charge in [0.15, 0.2) is 11.6 Å². The number of tetrazole rings is 1. The van der Waals surface area contributed by atoms with E-state index in [2.05, 4.69) is 52.1 Å². The van der Waals surface area contributed by atoms with Gasteiger partial charge in [-0.2, -0.15) is 5.10 Å². The summed E-state index contributed by atoms with van der Waals surface area (Å²) in [5.41, 5.74) is 3.90. The Morgan fingerprint density at radius 2 is 1.90 bits per heavy atom. The van der Waals surface area contributed by atoms with E-state index in [0.717, 1.165) is 66.3 Å². The molecule has 8 heteroatoms. The van der Waals surface area contributed by atoms with Gasteiger partial charge < -0.3 is 0 Å². The lowest BCUT2D eigenvalue weighted by atomic mass is 10.0. The summed E-state index contributed by atoms with van der Waals surface area (Å²) in [6.07, 6.45) is 5.77. The van der Waals surface area contributed by atoms with Gasteiger partial charge >= 0.3 is 0 Å². The van der Waals surface area contributed by atoms with Crippen molar-refractivity contribution in [2.24, 2.45) is 5.92 Å². The third kappa shape index (κ3) is 5.02. The van der Waals surface area contributed by atoms with E-state index in [-0.39, 0.29) is 0 Å². The quantitative estimate of drug-likeness (QED) is 0.441. The van der Waals surface area contributed by atoms with Gasteiger partial charge in [0, 0.05) is 36.7 Å². The third-order valence-corrected chi connectivity index (χ3v) is 5.10. The van der Waals surface area contributed by atoms with Crippen molar-refractivity contribution in [3.8, 4) is 22.6 Å². The van der Waals surface area contributed by atoms with E-state index in [4.69, 9.17) is 15.1 Å². The van der Waals surface area contributed by atoms with Crippen LogP contribution in [0.1, 0.15) is 50.8 Å². The number of hydrogen-bond donors (Lipinski definition) is 1. The molecule has 0 spiro atoms. The summed E-state index contributed by atoms with van der Waals surface area (Å²) >= 11 is 0. The number of aromatic nitrogens is 8. The molecule has 0 aliphatic heterocycles. The van der Waals surface area contributed by atoms with Crippen LogP contribution in [0.25, 0.3) is 22.6 Å². The van der Waals surface area contributed by atoms with E-state index in [1.807, 2.05) is 36.5 Å². The summed E-state index contributed by atoms with van der Waals surface area (Å²) in [6.45, 7) is 7.49. The first-order chi connectivity index (χ1) is 15.1. The van der Waals surface area contributed by atoms with E-state index in [1.165, 1.54) is 0 Å². The molecule has 3 aromatic heterocycles. The van der Waals surface area contributed by atoms with Crippen LogP contribution >= 0.6 is 0 Å². The van der Waals surface area contributed by atoms with Gasteiger partial charge in [0.2, 0.25) is 0 Å². The van der Waals surface area contributed by atoms with Crippen LogP contribution in [0.15, 0.2) is 42.6 Å². The fourth-order valence-corrected chi connectivity index (χ4v) is 3.55. The Bertz CT molecular complexity index is 1100. The zero-order chi connectivity index (χ0) is 21.6. The Morgan fingerprint density at radius 3 is 2.58 bits per heavy atom. The first-order valence-corrected chi connectivity index (χ1v) is 10.8. The highest BCUT2D eigenvalue weighted by Crippen LogP contribution is 2.28. The molecule has 0 aliphatic carbocycles. The summed E-state index contributed by atoms with van der Waals surface area (Å²) in [5.74, 6) is 3.10. The van der Waals surface area contributed by atoms with Crippen molar-refractivity contribution in [1.82, 2.24) is 40.4 Å². The van der Waals surface area contributed by atoms with E-state index in [0.29, 0.717) is 11.7 Å². The highest BCUT2D eigenvalue weighted by atomic mass is 15.5. The van der Waals surface area contributed by atoms with Gasteiger partial charge in [0.1, 0.15) is 5.82 Å². The summed E-state index contributed by atoms with van der Waals surface area (Å²) in [7, 11) is 0. The number of aryl methyl sites for hydroxylation is 1. The van der Waals surface area contributed by atoms with Gasteiger partial charge in [-0.25, -0.2) is 14.8 Å². The lowest BCUT2D eigenvalue weighted by Gasteiger charge is -2.08. The van der Waals surface area contributed by atoms with E-state index >= 15 is 0 Å². The molecule has 4 rings (SSSR count). The molecule has 4 aromatic rings. The third-order valence-electron chi connectivity index (χ3n) is 5.10. The van der Waals surface area contributed by atoms with Crippen molar-refractivity contribution in [2.75, 3.05) is 0 Å². The van der Waals surface area contributed by atoms with Crippen molar-refractivity contribution in [3.05, 3.63) is 59.8 Å². The molecule has 31 heavy (non-hydrogen) atoms. The second-order valence-corrected chi connectivity index (χ2v) is 8.14. The zero-order valence-electron chi connectivity index (χ0n) is 18.3. The summed E-state index contributed by atoms with van der Waals surface area (Å²) in [4.78, 5) is 9.55. The minimum atomic E-state index is 0.537. The summed E-state index contributed by atoms with van der Waals surface area (Å²) in [5, 5.41) is 19.0. The average Bonchev–Trinajstić information content (AvgIpc) is 3.43. The zero-order valence-corrected chi connectivity index (χ0v) is 18.3. The number of rotatable bonds is 9. The fraction of sp³-hybridized carbons (Fsp3) is 0.391. The largest absolute Gasteiger partial charge is 0.256 e. The molecule has 1 aromatic carbocycles. The van der Waals surface area contributed by atoms with Crippen LogP contribution in [0.3, 0.4) is 0 Å². The molecule has 0 radical (unpaired) electrons. The Labute approximate surface area is 182 Å². The maximum absolute atomic E-state index is 4.82. The average molecular weight is 417 g/mol. The van der Waals surface area contributed by atoms with Crippen LogP contribution in [0.5, 0.6) is 0 Å². The van der Waals surface area contributed by atoms with Crippen LogP contribution < -0.4 is 0 Å². The molecule has 0 fully saturated rings.